The summed E-state index contributed by atoms with van der Waals surface area (Å²) >= 11 is 2.91. The van der Waals surface area contributed by atoms with Crippen LogP contribution in [0, 0.1) is 13.8 Å². The van der Waals surface area contributed by atoms with E-state index in [2.05, 4.69) is 9.97 Å². The lowest BCUT2D eigenvalue weighted by atomic mass is 10.4. The van der Waals surface area contributed by atoms with Crippen molar-refractivity contribution in [3.63, 3.8) is 0 Å². The van der Waals surface area contributed by atoms with Crippen molar-refractivity contribution in [3.05, 3.63) is 33.8 Å². The Kier molecular flexibility index (Phi) is 3.36. The molecule has 16 heavy (non-hydrogen) atoms. The molecule has 2 rings (SSSR count). The number of hydrogen-bond donors (Lipinski definition) is 0. The van der Waals surface area contributed by atoms with E-state index < -0.39 is 0 Å². The van der Waals surface area contributed by atoms with Gasteiger partial charge in [0.15, 0.2) is 11.4 Å². The quantitative estimate of drug-likeness (QED) is 0.620. The van der Waals surface area contributed by atoms with Crippen LogP contribution < -0.4 is 0 Å². The number of carbonyl (C=O) groups excluding carboxylic acids is 1. The lowest BCUT2D eigenvalue weighted by molar-refractivity contribution is 0.112. The fourth-order valence-corrected chi connectivity index (χ4v) is 3.05. The van der Waals surface area contributed by atoms with Crippen molar-refractivity contribution in [2.24, 2.45) is 0 Å². The minimum absolute atomic E-state index is 0.729. The van der Waals surface area contributed by atoms with E-state index in [1.165, 1.54) is 23.1 Å². The van der Waals surface area contributed by atoms with E-state index in [1.54, 1.807) is 0 Å². The topological polar surface area (TPSA) is 42.9 Å². The van der Waals surface area contributed by atoms with Crippen LogP contribution in [0.3, 0.4) is 0 Å². The molecule has 0 unspecified atom stereocenters. The van der Waals surface area contributed by atoms with Crippen molar-refractivity contribution < 1.29 is 4.79 Å². The van der Waals surface area contributed by atoms with Crippen molar-refractivity contribution >= 4 is 29.4 Å². The average molecular weight is 250 g/mol. The molecular formula is C11H10N2OS2. The molecule has 0 aliphatic rings. The Hall–Kier alpha value is -1.20. The van der Waals surface area contributed by atoms with Gasteiger partial charge in [0.05, 0.1) is 4.88 Å². The van der Waals surface area contributed by atoms with Crippen LogP contribution in [0.2, 0.25) is 0 Å². The van der Waals surface area contributed by atoms with Crippen LogP contribution in [0.4, 0.5) is 0 Å². The first-order chi connectivity index (χ1) is 7.67. The largest absolute Gasteiger partial charge is 0.297 e. The minimum Gasteiger partial charge on any atom is -0.297 e. The molecular weight excluding hydrogens is 240 g/mol. The van der Waals surface area contributed by atoms with Gasteiger partial charge in [0, 0.05) is 21.7 Å². The molecule has 0 bridgehead atoms. The second kappa shape index (κ2) is 4.76. The summed E-state index contributed by atoms with van der Waals surface area (Å²) in [6.07, 6.45) is 0.858. The summed E-state index contributed by atoms with van der Waals surface area (Å²) < 4.78 is 0. The van der Waals surface area contributed by atoms with Crippen LogP contribution in [0.25, 0.3) is 0 Å². The van der Waals surface area contributed by atoms with Crippen molar-refractivity contribution in [3.8, 4) is 0 Å². The molecule has 2 aromatic heterocycles. The smallest absolute Gasteiger partial charge is 0.192 e. The average Bonchev–Trinajstić information content (AvgIpc) is 2.64. The highest BCUT2D eigenvalue weighted by molar-refractivity contribution is 7.99. The third-order valence-corrected chi connectivity index (χ3v) is 3.73. The Morgan fingerprint density at radius 1 is 1.25 bits per heavy atom. The summed E-state index contributed by atoms with van der Waals surface area (Å²) in [5, 5.41) is 2.67. The summed E-state index contributed by atoms with van der Waals surface area (Å²) in [6, 6.07) is 3.79. The van der Waals surface area contributed by atoms with Crippen LogP contribution in [0.1, 0.15) is 21.1 Å². The maximum Gasteiger partial charge on any atom is 0.192 e. The van der Waals surface area contributed by atoms with E-state index in [0.29, 0.717) is 0 Å². The Morgan fingerprint density at radius 2 is 1.94 bits per heavy atom. The summed E-state index contributed by atoms with van der Waals surface area (Å²) in [6.45, 7) is 3.90. The van der Waals surface area contributed by atoms with Gasteiger partial charge in [0.2, 0.25) is 0 Å². The maximum atomic E-state index is 10.6. The Bertz CT molecular complexity index is 502. The third kappa shape index (κ3) is 2.68. The molecule has 0 saturated carbocycles. The Balaban J connectivity index is 2.22. The maximum absolute atomic E-state index is 10.6. The second-order valence-electron chi connectivity index (χ2n) is 3.34. The number of aldehydes is 1. The van der Waals surface area contributed by atoms with Crippen molar-refractivity contribution in [1.82, 2.24) is 9.97 Å². The van der Waals surface area contributed by atoms with Gasteiger partial charge in [-0.25, -0.2) is 9.97 Å². The molecule has 0 aliphatic heterocycles. The fourth-order valence-electron chi connectivity index (χ4n) is 1.29. The van der Waals surface area contributed by atoms with E-state index in [1.807, 2.05) is 31.4 Å². The van der Waals surface area contributed by atoms with Gasteiger partial charge in [0.1, 0.15) is 0 Å². The van der Waals surface area contributed by atoms with E-state index in [4.69, 9.17) is 0 Å². The van der Waals surface area contributed by atoms with Crippen LogP contribution >= 0.6 is 23.1 Å². The molecule has 5 heteroatoms. The van der Waals surface area contributed by atoms with Gasteiger partial charge in [-0.2, -0.15) is 0 Å². The highest BCUT2D eigenvalue weighted by Gasteiger charge is 2.05. The first kappa shape index (κ1) is 11.3. The number of aromatic nitrogens is 2. The number of rotatable bonds is 3. The first-order valence-corrected chi connectivity index (χ1v) is 6.41. The molecule has 0 spiro atoms. The number of nitrogens with zero attached hydrogens (tertiary/aromatic N) is 2. The molecule has 0 aliphatic carbocycles. The molecule has 0 atom stereocenters. The van der Waals surface area contributed by atoms with Gasteiger partial charge in [-0.1, -0.05) is 0 Å². The van der Waals surface area contributed by atoms with Crippen molar-refractivity contribution in [2.75, 3.05) is 0 Å². The van der Waals surface area contributed by atoms with Gasteiger partial charge in [-0.3, -0.25) is 4.79 Å². The van der Waals surface area contributed by atoms with Gasteiger partial charge in [-0.05, 0) is 37.7 Å². The third-order valence-electron chi connectivity index (χ3n) is 1.88. The van der Waals surface area contributed by atoms with Crippen molar-refractivity contribution in [1.29, 1.82) is 0 Å². The standard InChI is InChI=1S/C11H10N2OS2/c1-7-3-8(2)13-11(12-7)16-10-4-9(5-14)15-6-10/h3-6H,1-2H3. The molecule has 0 aromatic carbocycles. The second-order valence-corrected chi connectivity index (χ2v) is 5.32. The highest BCUT2D eigenvalue weighted by atomic mass is 32.2. The van der Waals surface area contributed by atoms with E-state index in [-0.39, 0.29) is 0 Å². The molecule has 0 saturated heterocycles. The highest BCUT2D eigenvalue weighted by Crippen LogP contribution is 2.28. The molecule has 0 fully saturated rings. The zero-order chi connectivity index (χ0) is 11.5. The molecule has 82 valence electrons. The zero-order valence-corrected chi connectivity index (χ0v) is 10.6. The van der Waals surface area contributed by atoms with Crippen molar-refractivity contribution in [2.45, 2.75) is 23.9 Å². The van der Waals surface area contributed by atoms with E-state index in [9.17, 15) is 4.79 Å². The lowest BCUT2D eigenvalue weighted by Crippen LogP contribution is -1.91. The fraction of sp³-hybridized carbons (Fsp3) is 0.182. The molecule has 3 nitrogen and oxygen atoms in total. The molecule has 0 N–H and O–H groups in total. The lowest BCUT2D eigenvalue weighted by Gasteiger charge is -2.00. The SMILES string of the molecule is Cc1cc(C)nc(Sc2csc(C=O)c2)n1. The number of thiophene rings is 1. The summed E-state index contributed by atoms with van der Waals surface area (Å²) in [4.78, 5) is 21.0. The first-order valence-electron chi connectivity index (χ1n) is 4.71. The molecule has 2 aromatic rings. The van der Waals surface area contributed by atoms with E-state index >= 15 is 0 Å². The van der Waals surface area contributed by atoms with E-state index in [0.717, 1.165) is 32.6 Å². The number of carbonyl (C=O) groups is 1. The molecule has 2 heterocycles. The minimum atomic E-state index is 0.729. The van der Waals surface area contributed by atoms with Gasteiger partial charge in [-0.15, -0.1) is 11.3 Å². The molecule has 0 amide bonds. The summed E-state index contributed by atoms with van der Waals surface area (Å²) in [5.74, 6) is 0. The van der Waals surface area contributed by atoms with Gasteiger partial charge >= 0.3 is 0 Å². The van der Waals surface area contributed by atoms with Crippen LogP contribution in [-0.2, 0) is 0 Å². The van der Waals surface area contributed by atoms with Crippen LogP contribution in [-0.4, -0.2) is 16.3 Å². The Morgan fingerprint density at radius 3 is 2.50 bits per heavy atom. The van der Waals surface area contributed by atoms with Gasteiger partial charge < -0.3 is 0 Å². The predicted molar refractivity (Wildman–Crippen MR) is 65.3 cm³/mol. The summed E-state index contributed by atoms with van der Waals surface area (Å²) in [5.41, 5.74) is 1.92. The predicted octanol–water partition coefficient (Wildman–Crippen LogP) is 3.12. The van der Waals surface area contributed by atoms with Crippen LogP contribution in [0.5, 0.6) is 0 Å². The monoisotopic (exact) mass is 250 g/mol. The zero-order valence-electron chi connectivity index (χ0n) is 8.93. The normalized spacial score (nSPS) is 10.4. The van der Waals surface area contributed by atoms with Crippen LogP contribution in [0.15, 0.2) is 27.6 Å². The number of hydrogen-bond acceptors (Lipinski definition) is 5. The van der Waals surface area contributed by atoms with Gasteiger partial charge in [0.25, 0.3) is 0 Å². The number of aryl methyl sites for hydroxylation is 2. The molecule has 0 radical (unpaired) electrons. The summed E-state index contributed by atoms with van der Waals surface area (Å²) in [7, 11) is 0. The Labute approximate surface area is 102 Å².